The molecule has 0 amide bonds. The van der Waals surface area contributed by atoms with Gasteiger partial charge in [0.25, 0.3) is 0 Å². The van der Waals surface area contributed by atoms with Crippen molar-refractivity contribution in [3.05, 3.63) is 29.7 Å². The first kappa shape index (κ1) is 13.7. The van der Waals surface area contributed by atoms with Gasteiger partial charge >= 0.3 is 0 Å². The Morgan fingerprint density at radius 3 is 2.24 bits per heavy atom. The topological polar surface area (TPSA) is 30.2 Å². The minimum Gasteiger partial charge on any atom is -0.233 e. The second-order valence-corrected chi connectivity index (χ2v) is 4.53. The second-order valence-electron chi connectivity index (χ2n) is 4.53. The number of fused-ring (bicyclic) bond motifs is 1. The van der Waals surface area contributed by atoms with Crippen LogP contribution in [-0.4, -0.2) is 14.6 Å². The summed E-state index contributed by atoms with van der Waals surface area (Å²) in [6.07, 6.45) is 3.90. The Labute approximate surface area is 104 Å². The fraction of sp³-hybridized carbons (Fsp3) is 0.571. The number of aromatic nitrogens is 3. The first-order valence-electron chi connectivity index (χ1n) is 6.43. The molecule has 0 aromatic carbocycles. The zero-order chi connectivity index (χ0) is 13.0. The maximum Gasteiger partial charge on any atom is 0.158 e. The van der Waals surface area contributed by atoms with E-state index < -0.39 is 0 Å². The van der Waals surface area contributed by atoms with Gasteiger partial charge in [0.15, 0.2) is 5.65 Å². The Hall–Kier alpha value is -1.38. The van der Waals surface area contributed by atoms with Gasteiger partial charge in [0.2, 0.25) is 0 Å². The average Bonchev–Trinajstić information content (AvgIpc) is 2.74. The molecule has 0 fully saturated rings. The van der Waals surface area contributed by atoms with E-state index in [2.05, 4.69) is 37.8 Å². The van der Waals surface area contributed by atoms with E-state index in [1.54, 1.807) is 0 Å². The normalized spacial score (nSPS) is 10.8. The van der Waals surface area contributed by atoms with Crippen LogP contribution in [0.5, 0.6) is 0 Å². The van der Waals surface area contributed by atoms with Crippen molar-refractivity contribution in [2.45, 2.75) is 53.4 Å². The van der Waals surface area contributed by atoms with E-state index in [-0.39, 0.29) is 0 Å². The van der Waals surface area contributed by atoms with Gasteiger partial charge in [-0.15, -0.1) is 0 Å². The molecular weight excluding hydrogens is 210 g/mol. The zero-order valence-electron chi connectivity index (χ0n) is 11.7. The van der Waals surface area contributed by atoms with Crippen molar-refractivity contribution in [1.29, 1.82) is 0 Å². The van der Waals surface area contributed by atoms with Crippen LogP contribution < -0.4 is 0 Å². The molecule has 0 aliphatic carbocycles. The van der Waals surface area contributed by atoms with Gasteiger partial charge in [-0.3, -0.25) is 0 Å². The van der Waals surface area contributed by atoms with E-state index in [0.29, 0.717) is 11.8 Å². The van der Waals surface area contributed by atoms with Crippen molar-refractivity contribution < 1.29 is 0 Å². The maximum absolute atomic E-state index is 4.66. The summed E-state index contributed by atoms with van der Waals surface area (Å²) in [5, 5.41) is 4.29. The van der Waals surface area contributed by atoms with E-state index in [9.17, 15) is 0 Å². The molecule has 0 atom stereocenters. The molecule has 2 rings (SSSR count). The SMILES string of the molecule is CC.CC(C)c1ccn2ncc(C(C)C)c2n1. The number of hydrogen-bond donors (Lipinski definition) is 0. The summed E-state index contributed by atoms with van der Waals surface area (Å²) < 4.78 is 1.85. The third-order valence-electron chi connectivity index (χ3n) is 2.63. The smallest absolute Gasteiger partial charge is 0.158 e. The number of nitrogens with zero attached hydrogens (tertiary/aromatic N) is 3. The number of rotatable bonds is 2. The Bertz CT molecular complexity index is 469. The summed E-state index contributed by atoms with van der Waals surface area (Å²) >= 11 is 0. The summed E-state index contributed by atoms with van der Waals surface area (Å²) in [5.74, 6) is 0.933. The van der Waals surface area contributed by atoms with Gasteiger partial charge in [-0.05, 0) is 17.9 Å². The molecule has 0 aliphatic rings. The molecule has 94 valence electrons. The lowest BCUT2D eigenvalue weighted by Crippen LogP contribution is -1.98. The summed E-state index contributed by atoms with van der Waals surface area (Å²) in [6.45, 7) is 12.6. The van der Waals surface area contributed by atoms with Crippen LogP contribution in [-0.2, 0) is 0 Å². The summed E-state index contributed by atoms with van der Waals surface area (Å²) in [7, 11) is 0. The Morgan fingerprint density at radius 1 is 1.06 bits per heavy atom. The van der Waals surface area contributed by atoms with Crippen LogP contribution in [0.2, 0.25) is 0 Å². The number of hydrogen-bond acceptors (Lipinski definition) is 2. The molecule has 0 N–H and O–H groups in total. The first-order valence-corrected chi connectivity index (χ1v) is 6.43. The molecule has 0 bridgehead atoms. The highest BCUT2D eigenvalue weighted by atomic mass is 15.2. The van der Waals surface area contributed by atoms with Gasteiger partial charge in [0.05, 0.1) is 6.20 Å². The third kappa shape index (κ3) is 2.84. The van der Waals surface area contributed by atoms with Crippen LogP contribution in [0.3, 0.4) is 0 Å². The standard InChI is InChI=1S/C12H17N3.C2H6/c1-8(2)10-7-13-15-6-5-11(9(3)4)14-12(10)15;1-2/h5-9H,1-4H3;1-2H3. The van der Waals surface area contributed by atoms with Gasteiger partial charge < -0.3 is 0 Å². The van der Waals surface area contributed by atoms with Crippen molar-refractivity contribution in [2.75, 3.05) is 0 Å². The fourth-order valence-corrected chi connectivity index (χ4v) is 1.63. The first-order chi connectivity index (χ1) is 8.09. The van der Waals surface area contributed by atoms with E-state index >= 15 is 0 Å². The highest BCUT2D eigenvalue weighted by molar-refractivity contribution is 5.48. The van der Waals surface area contributed by atoms with Gasteiger partial charge in [-0.25, -0.2) is 9.50 Å². The summed E-state index contributed by atoms with van der Waals surface area (Å²) in [6, 6.07) is 2.04. The molecule has 0 aliphatic heterocycles. The van der Waals surface area contributed by atoms with Crippen molar-refractivity contribution in [3.8, 4) is 0 Å². The Morgan fingerprint density at radius 2 is 1.71 bits per heavy atom. The van der Waals surface area contributed by atoms with Gasteiger partial charge in [-0.1, -0.05) is 41.5 Å². The van der Waals surface area contributed by atoms with Crippen LogP contribution in [0.4, 0.5) is 0 Å². The molecule has 0 radical (unpaired) electrons. The summed E-state index contributed by atoms with van der Waals surface area (Å²) in [5.41, 5.74) is 3.35. The molecule has 17 heavy (non-hydrogen) atoms. The highest BCUT2D eigenvalue weighted by Crippen LogP contribution is 2.20. The van der Waals surface area contributed by atoms with Crippen LogP contribution in [0.1, 0.15) is 64.6 Å². The minimum absolute atomic E-state index is 0.463. The van der Waals surface area contributed by atoms with Crippen LogP contribution >= 0.6 is 0 Å². The van der Waals surface area contributed by atoms with E-state index in [1.807, 2.05) is 36.8 Å². The van der Waals surface area contributed by atoms with Crippen LogP contribution in [0.25, 0.3) is 5.65 Å². The van der Waals surface area contributed by atoms with Crippen molar-refractivity contribution >= 4 is 5.65 Å². The molecule has 0 unspecified atom stereocenters. The largest absolute Gasteiger partial charge is 0.233 e. The lowest BCUT2D eigenvalue weighted by molar-refractivity contribution is 0.804. The lowest BCUT2D eigenvalue weighted by atomic mass is 10.1. The van der Waals surface area contributed by atoms with Gasteiger partial charge in [0, 0.05) is 17.5 Å². The molecule has 2 aromatic rings. The second kappa shape index (κ2) is 5.80. The molecule has 0 spiro atoms. The Kier molecular flexibility index (Phi) is 4.67. The maximum atomic E-state index is 4.66. The molecular formula is C14H23N3. The monoisotopic (exact) mass is 233 g/mol. The van der Waals surface area contributed by atoms with Gasteiger partial charge in [0.1, 0.15) is 0 Å². The molecule has 0 saturated carbocycles. The minimum atomic E-state index is 0.463. The molecule has 2 heterocycles. The van der Waals surface area contributed by atoms with E-state index in [1.165, 1.54) is 5.56 Å². The Balaban J connectivity index is 0.000000686. The average molecular weight is 233 g/mol. The zero-order valence-corrected chi connectivity index (χ0v) is 11.7. The molecule has 2 aromatic heterocycles. The fourth-order valence-electron chi connectivity index (χ4n) is 1.63. The van der Waals surface area contributed by atoms with E-state index in [0.717, 1.165) is 11.3 Å². The van der Waals surface area contributed by atoms with Crippen molar-refractivity contribution in [3.63, 3.8) is 0 Å². The van der Waals surface area contributed by atoms with E-state index in [4.69, 9.17) is 0 Å². The highest BCUT2D eigenvalue weighted by Gasteiger charge is 2.10. The predicted octanol–water partition coefficient (Wildman–Crippen LogP) is 4.00. The van der Waals surface area contributed by atoms with Gasteiger partial charge in [-0.2, -0.15) is 5.10 Å². The van der Waals surface area contributed by atoms with Crippen molar-refractivity contribution in [1.82, 2.24) is 14.6 Å². The van der Waals surface area contributed by atoms with Crippen LogP contribution in [0, 0.1) is 0 Å². The molecule has 3 nitrogen and oxygen atoms in total. The molecule has 0 saturated heterocycles. The molecule has 3 heteroatoms. The summed E-state index contributed by atoms with van der Waals surface area (Å²) in [4.78, 5) is 4.66. The van der Waals surface area contributed by atoms with Crippen molar-refractivity contribution in [2.24, 2.45) is 0 Å². The predicted molar refractivity (Wildman–Crippen MR) is 72.5 cm³/mol. The quantitative estimate of drug-likeness (QED) is 0.784. The van der Waals surface area contributed by atoms with Crippen LogP contribution in [0.15, 0.2) is 18.5 Å². The third-order valence-corrected chi connectivity index (χ3v) is 2.63. The lowest BCUT2D eigenvalue weighted by Gasteiger charge is -2.06.